The zero-order valence-corrected chi connectivity index (χ0v) is 19.4. The minimum atomic E-state index is -0.231. The Kier molecular flexibility index (Phi) is 6.69. The Bertz CT molecular complexity index is 1270. The number of nitrogens with zero attached hydrogens (tertiary/aromatic N) is 3. The molecule has 174 valence electrons. The normalized spacial score (nSPS) is 14.3. The average molecular weight is 477 g/mol. The fraction of sp³-hybridized carbons (Fsp3) is 0.231. The lowest BCUT2D eigenvalue weighted by Gasteiger charge is -2.34. The molecule has 5 rings (SSSR count). The van der Waals surface area contributed by atoms with Crippen molar-refractivity contribution in [3.63, 3.8) is 0 Å². The van der Waals surface area contributed by atoms with Crippen LogP contribution < -0.4 is 15.0 Å². The van der Waals surface area contributed by atoms with E-state index in [0.717, 1.165) is 53.8 Å². The number of nitrogens with one attached hydrogen (secondary N) is 1. The van der Waals surface area contributed by atoms with Crippen molar-refractivity contribution in [3.8, 4) is 11.5 Å². The molecule has 6 nitrogen and oxygen atoms in total. The van der Waals surface area contributed by atoms with Crippen molar-refractivity contribution < 1.29 is 13.9 Å². The summed E-state index contributed by atoms with van der Waals surface area (Å²) in [5, 5.41) is 3.94. The van der Waals surface area contributed by atoms with Crippen LogP contribution in [0, 0.1) is 5.82 Å². The van der Waals surface area contributed by atoms with E-state index in [0.29, 0.717) is 17.9 Å². The summed E-state index contributed by atoms with van der Waals surface area (Å²) in [6.45, 7) is 4.85. The molecule has 0 atom stereocenters. The molecule has 0 unspecified atom stereocenters. The summed E-state index contributed by atoms with van der Waals surface area (Å²) in [5.74, 6) is 1.02. The first-order valence-corrected chi connectivity index (χ1v) is 12.1. The molecule has 1 amide bonds. The van der Waals surface area contributed by atoms with Crippen LogP contribution in [-0.2, 0) is 0 Å². The highest BCUT2D eigenvalue weighted by Crippen LogP contribution is 2.30. The second-order valence-corrected chi connectivity index (χ2v) is 9.15. The summed E-state index contributed by atoms with van der Waals surface area (Å²) >= 11 is 1.53. The maximum Gasteiger partial charge on any atom is 0.251 e. The Balaban J connectivity index is 1.08. The Labute approximate surface area is 201 Å². The molecular formula is C26H25FN4O2S. The summed E-state index contributed by atoms with van der Waals surface area (Å²) in [5.41, 5.74) is 1.41. The second-order valence-electron chi connectivity index (χ2n) is 8.14. The van der Waals surface area contributed by atoms with Crippen LogP contribution in [0.2, 0.25) is 0 Å². The molecule has 1 N–H and O–H groups in total. The van der Waals surface area contributed by atoms with Crippen LogP contribution in [0.15, 0.2) is 72.8 Å². The number of para-hydroxylation sites is 1. The minimum absolute atomic E-state index is 0.112. The summed E-state index contributed by atoms with van der Waals surface area (Å²) in [6, 6.07) is 21.4. The molecule has 0 radical (unpaired) electrons. The van der Waals surface area contributed by atoms with Crippen LogP contribution >= 0.6 is 11.3 Å². The van der Waals surface area contributed by atoms with Gasteiger partial charge in [0.2, 0.25) is 0 Å². The SMILES string of the molecule is O=C(NCCN1CCN(c2nc3ccc(F)cc3s2)CC1)c1cccc(Oc2ccccc2)c1. The first-order valence-electron chi connectivity index (χ1n) is 11.3. The topological polar surface area (TPSA) is 57.7 Å². The molecule has 4 aromatic rings. The Hall–Kier alpha value is -3.49. The van der Waals surface area contributed by atoms with Crippen LogP contribution in [0.5, 0.6) is 11.5 Å². The molecule has 0 bridgehead atoms. The highest BCUT2D eigenvalue weighted by molar-refractivity contribution is 7.22. The molecular weight excluding hydrogens is 451 g/mol. The van der Waals surface area contributed by atoms with Gasteiger partial charge in [0.05, 0.1) is 10.2 Å². The molecule has 1 aliphatic rings. The number of rotatable bonds is 7. The number of halogens is 1. The van der Waals surface area contributed by atoms with Crippen molar-refractivity contribution in [2.45, 2.75) is 0 Å². The van der Waals surface area contributed by atoms with E-state index in [-0.39, 0.29) is 11.7 Å². The molecule has 8 heteroatoms. The average Bonchev–Trinajstić information content (AvgIpc) is 3.28. The number of carbonyl (C=O) groups is 1. The molecule has 0 aliphatic carbocycles. The zero-order valence-electron chi connectivity index (χ0n) is 18.6. The van der Waals surface area contributed by atoms with Crippen molar-refractivity contribution in [2.24, 2.45) is 0 Å². The van der Waals surface area contributed by atoms with E-state index >= 15 is 0 Å². The van der Waals surface area contributed by atoms with Gasteiger partial charge >= 0.3 is 0 Å². The number of hydrogen-bond acceptors (Lipinski definition) is 6. The lowest BCUT2D eigenvalue weighted by atomic mass is 10.2. The predicted octanol–water partition coefficient (Wildman–Crippen LogP) is 4.78. The van der Waals surface area contributed by atoms with Gasteiger partial charge in [0.15, 0.2) is 5.13 Å². The van der Waals surface area contributed by atoms with E-state index in [4.69, 9.17) is 4.74 Å². The van der Waals surface area contributed by atoms with Gasteiger partial charge in [0.1, 0.15) is 17.3 Å². The maximum absolute atomic E-state index is 13.5. The van der Waals surface area contributed by atoms with Gasteiger partial charge in [-0.2, -0.15) is 0 Å². The fourth-order valence-corrected chi connectivity index (χ4v) is 4.98. The van der Waals surface area contributed by atoms with E-state index in [1.165, 1.54) is 17.4 Å². The third-order valence-corrected chi connectivity index (χ3v) is 6.85. The molecule has 0 saturated carbocycles. The van der Waals surface area contributed by atoms with Gasteiger partial charge in [0, 0.05) is 44.8 Å². The van der Waals surface area contributed by atoms with E-state index in [1.54, 1.807) is 24.3 Å². The van der Waals surface area contributed by atoms with E-state index in [2.05, 4.69) is 20.1 Å². The van der Waals surface area contributed by atoms with Gasteiger partial charge in [-0.3, -0.25) is 9.69 Å². The van der Waals surface area contributed by atoms with Crippen molar-refractivity contribution >= 4 is 32.6 Å². The minimum Gasteiger partial charge on any atom is -0.457 e. The molecule has 1 aromatic heterocycles. The van der Waals surface area contributed by atoms with Crippen LogP contribution in [0.3, 0.4) is 0 Å². The highest BCUT2D eigenvalue weighted by Gasteiger charge is 2.20. The maximum atomic E-state index is 13.5. The molecule has 1 fully saturated rings. The number of thiazole rings is 1. The molecule has 0 spiro atoms. The van der Waals surface area contributed by atoms with Gasteiger partial charge in [-0.25, -0.2) is 9.37 Å². The Morgan fingerprint density at radius 3 is 2.59 bits per heavy atom. The van der Waals surface area contributed by atoms with E-state index < -0.39 is 0 Å². The van der Waals surface area contributed by atoms with Crippen molar-refractivity contribution in [1.29, 1.82) is 0 Å². The van der Waals surface area contributed by atoms with Crippen molar-refractivity contribution in [1.82, 2.24) is 15.2 Å². The summed E-state index contributed by atoms with van der Waals surface area (Å²) < 4.78 is 20.2. The number of fused-ring (bicyclic) bond motifs is 1. The molecule has 2 heterocycles. The number of benzene rings is 3. The lowest BCUT2D eigenvalue weighted by molar-refractivity contribution is 0.0947. The third kappa shape index (κ3) is 5.35. The number of aromatic nitrogens is 1. The Morgan fingerprint density at radius 2 is 1.76 bits per heavy atom. The number of carbonyl (C=O) groups excluding carboxylic acids is 1. The monoisotopic (exact) mass is 476 g/mol. The predicted molar refractivity (Wildman–Crippen MR) is 134 cm³/mol. The van der Waals surface area contributed by atoms with Gasteiger partial charge < -0.3 is 15.0 Å². The lowest BCUT2D eigenvalue weighted by Crippen LogP contribution is -2.48. The van der Waals surface area contributed by atoms with Gasteiger partial charge in [-0.15, -0.1) is 0 Å². The summed E-state index contributed by atoms with van der Waals surface area (Å²) in [4.78, 5) is 21.8. The highest BCUT2D eigenvalue weighted by atomic mass is 32.1. The second kappa shape index (κ2) is 10.2. The van der Waals surface area contributed by atoms with E-state index in [1.807, 2.05) is 42.5 Å². The Morgan fingerprint density at radius 1 is 0.971 bits per heavy atom. The number of piperazine rings is 1. The van der Waals surface area contributed by atoms with Crippen molar-refractivity contribution in [2.75, 3.05) is 44.2 Å². The van der Waals surface area contributed by atoms with Crippen molar-refractivity contribution in [3.05, 3.63) is 84.2 Å². The number of hydrogen-bond donors (Lipinski definition) is 1. The molecule has 1 saturated heterocycles. The zero-order chi connectivity index (χ0) is 23.3. The molecule has 34 heavy (non-hydrogen) atoms. The summed E-state index contributed by atoms with van der Waals surface area (Å²) in [7, 11) is 0. The van der Waals surface area contributed by atoms with Gasteiger partial charge in [0.25, 0.3) is 5.91 Å². The quantitative estimate of drug-likeness (QED) is 0.416. The largest absolute Gasteiger partial charge is 0.457 e. The first kappa shape index (κ1) is 22.3. The van der Waals surface area contributed by atoms with Crippen LogP contribution in [0.25, 0.3) is 10.2 Å². The van der Waals surface area contributed by atoms with Crippen LogP contribution in [-0.4, -0.2) is 55.1 Å². The summed E-state index contributed by atoms with van der Waals surface area (Å²) in [6.07, 6.45) is 0. The van der Waals surface area contributed by atoms with E-state index in [9.17, 15) is 9.18 Å². The standard InChI is InChI=1S/C26H25FN4O2S/c27-20-9-10-23-24(18-20)34-26(29-23)31-15-13-30(14-16-31)12-11-28-25(32)19-5-4-8-22(17-19)33-21-6-2-1-3-7-21/h1-10,17-18H,11-16H2,(H,28,32). The smallest absolute Gasteiger partial charge is 0.251 e. The van der Waals surface area contributed by atoms with Gasteiger partial charge in [-0.1, -0.05) is 35.6 Å². The molecule has 1 aliphatic heterocycles. The van der Waals surface area contributed by atoms with Crippen LogP contribution in [0.1, 0.15) is 10.4 Å². The number of anilines is 1. The number of amides is 1. The fourth-order valence-electron chi connectivity index (χ4n) is 3.94. The van der Waals surface area contributed by atoms with Crippen LogP contribution in [0.4, 0.5) is 9.52 Å². The molecule has 3 aromatic carbocycles. The third-order valence-electron chi connectivity index (χ3n) is 5.77. The van der Waals surface area contributed by atoms with Gasteiger partial charge in [-0.05, 0) is 48.5 Å². The number of ether oxygens (including phenoxy) is 1. The first-order chi connectivity index (χ1) is 16.6.